The fourth-order valence-electron chi connectivity index (χ4n) is 1.81. The van der Waals surface area contributed by atoms with Gasteiger partial charge in [0.05, 0.1) is 13.2 Å². The number of hydrogen-bond acceptors (Lipinski definition) is 3. The Morgan fingerprint density at radius 3 is 2.89 bits per heavy atom. The molecule has 3 nitrogen and oxygen atoms in total. The minimum atomic E-state index is 0.704. The lowest BCUT2D eigenvalue weighted by atomic mass is 10.1. The molecule has 0 spiro atoms. The van der Waals surface area contributed by atoms with Gasteiger partial charge >= 0.3 is 0 Å². The van der Waals surface area contributed by atoms with Crippen LogP contribution in [0.15, 0.2) is 30.3 Å². The van der Waals surface area contributed by atoms with Crippen molar-refractivity contribution in [3.63, 3.8) is 0 Å². The summed E-state index contributed by atoms with van der Waals surface area (Å²) >= 11 is 0. The van der Waals surface area contributed by atoms with Crippen molar-refractivity contribution in [3.05, 3.63) is 35.9 Å². The summed E-state index contributed by atoms with van der Waals surface area (Å²) in [5, 5.41) is 3.33. The standard InChI is InChI=1S/C16H25NO2/c1-4-19-16-9-5-8-15(13-16)14(2)7-6-10-17-11-12-18-3/h5,7-9,13,17H,4,6,10-12H2,1-3H3. The van der Waals surface area contributed by atoms with Crippen molar-refractivity contribution >= 4 is 5.57 Å². The highest BCUT2D eigenvalue weighted by molar-refractivity contribution is 5.64. The Hall–Kier alpha value is -1.32. The second kappa shape index (κ2) is 9.59. The van der Waals surface area contributed by atoms with Crippen molar-refractivity contribution in [2.75, 3.05) is 33.4 Å². The topological polar surface area (TPSA) is 30.5 Å². The third-order valence-electron chi connectivity index (χ3n) is 2.85. The molecule has 0 bridgehead atoms. The number of allylic oxidation sites excluding steroid dienone is 1. The molecule has 0 amide bonds. The largest absolute Gasteiger partial charge is 0.494 e. The lowest BCUT2D eigenvalue weighted by Gasteiger charge is -2.07. The smallest absolute Gasteiger partial charge is 0.119 e. The van der Waals surface area contributed by atoms with Crippen LogP contribution in [0.2, 0.25) is 0 Å². The number of methoxy groups -OCH3 is 1. The Bertz CT molecular complexity index is 388. The monoisotopic (exact) mass is 263 g/mol. The maximum absolute atomic E-state index is 5.51. The number of hydrogen-bond donors (Lipinski definition) is 1. The molecule has 0 aliphatic rings. The van der Waals surface area contributed by atoms with Crippen molar-refractivity contribution in [2.24, 2.45) is 0 Å². The van der Waals surface area contributed by atoms with Gasteiger partial charge in [0.2, 0.25) is 0 Å². The minimum Gasteiger partial charge on any atom is -0.494 e. The van der Waals surface area contributed by atoms with E-state index in [9.17, 15) is 0 Å². The van der Waals surface area contributed by atoms with Gasteiger partial charge < -0.3 is 14.8 Å². The third-order valence-corrected chi connectivity index (χ3v) is 2.85. The van der Waals surface area contributed by atoms with Gasteiger partial charge in [0.1, 0.15) is 5.75 Å². The van der Waals surface area contributed by atoms with Crippen molar-refractivity contribution in [3.8, 4) is 5.75 Å². The van der Waals surface area contributed by atoms with Gasteiger partial charge in [0.15, 0.2) is 0 Å². The van der Waals surface area contributed by atoms with Crippen LogP contribution < -0.4 is 10.1 Å². The summed E-state index contributed by atoms with van der Waals surface area (Å²) in [5.41, 5.74) is 2.51. The number of ether oxygens (including phenoxy) is 2. The normalized spacial score (nSPS) is 11.6. The van der Waals surface area contributed by atoms with Gasteiger partial charge in [-0.05, 0) is 50.1 Å². The molecular formula is C16H25NO2. The van der Waals surface area contributed by atoms with Gasteiger partial charge in [-0.1, -0.05) is 18.2 Å². The molecule has 0 unspecified atom stereocenters. The maximum Gasteiger partial charge on any atom is 0.119 e. The molecule has 19 heavy (non-hydrogen) atoms. The Balaban J connectivity index is 2.42. The molecule has 1 N–H and O–H groups in total. The molecule has 106 valence electrons. The van der Waals surface area contributed by atoms with Gasteiger partial charge in [-0.3, -0.25) is 0 Å². The number of benzene rings is 1. The summed E-state index contributed by atoms with van der Waals surface area (Å²) in [4.78, 5) is 0. The van der Waals surface area contributed by atoms with Crippen molar-refractivity contribution < 1.29 is 9.47 Å². The first-order chi connectivity index (χ1) is 9.27. The Kier molecular flexibility index (Phi) is 7.94. The molecule has 0 fully saturated rings. The Morgan fingerprint density at radius 2 is 2.16 bits per heavy atom. The fourth-order valence-corrected chi connectivity index (χ4v) is 1.81. The lowest BCUT2D eigenvalue weighted by Crippen LogP contribution is -2.19. The highest BCUT2D eigenvalue weighted by Gasteiger charge is 1.98. The van der Waals surface area contributed by atoms with E-state index in [2.05, 4.69) is 30.4 Å². The van der Waals surface area contributed by atoms with Gasteiger partial charge in [0, 0.05) is 13.7 Å². The van der Waals surface area contributed by atoms with Crippen LogP contribution in [0.3, 0.4) is 0 Å². The summed E-state index contributed by atoms with van der Waals surface area (Å²) in [6, 6.07) is 8.24. The summed E-state index contributed by atoms with van der Waals surface area (Å²) in [7, 11) is 1.72. The van der Waals surface area contributed by atoms with Crippen LogP contribution in [0.25, 0.3) is 5.57 Å². The second-order valence-electron chi connectivity index (χ2n) is 4.38. The molecule has 0 aromatic heterocycles. The highest BCUT2D eigenvalue weighted by Crippen LogP contribution is 2.20. The average molecular weight is 263 g/mol. The molecule has 0 radical (unpaired) electrons. The SMILES string of the molecule is CCOc1cccc(C(C)=CCCNCCOC)c1. The highest BCUT2D eigenvalue weighted by atomic mass is 16.5. The minimum absolute atomic E-state index is 0.704. The zero-order chi connectivity index (χ0) is 13.9. The summed E-state index contributed by atoms with van der Waals surface area (Å²) in [5.74, 6) is 0.936. The van der Waals surface area contributed by atoms with Gasteiger partial charge in [0.25, 0.3) is 0 Å². The van der Waals surface area contributed by atoms with Gasteiger partial charge in [-0.25, -0.2) is 0 Å². The molecule has 0 saturated heterocycles. The van der Waals surface area contributed by atoms with Crippen molar-refractivity contribution in [1.82, 2.24) is 5.32 Å². The summed E-state index contributed by atoms with van der Waals surface area (Å²) in [6.07, 6.45) is 3.28. The van der Waals surface area contributed by atoms with Gasteiger partial charge in [-0.2, -0.15) is 0 Å². The number of rotatable bonds is 9. The molecule has 0 saturated carbocycles. The molecular weight excluding hydrogens is 238 g/mol. The predicted octanol–water partition coefficient (Wildman–Crippen LogP) is 3.11. The third kappa shape index (κ3) is 6.41. The zero-order valence-electron chi connectivity index (χ0n) is 12.2. The van der Waals surface area contributed by atoms with E-state index in [1.807, 2.05) is 19.1 Å². The quantitative estimate of drug-likeness (QED) is 0.694. The van der Waals surface area contributed by atoms with E-state index in [0.717, 1.165) is 31.9 Å². The number of nitrogens with one attached hydrogen (secondary N) is 1. The predicted molar refractivity (Wildman–Crippen MR) is 80.6 cm³/mol. The van der Waals surface area contributed by atoms with Crippen molar-refractivity contribution in [2.45, 2.75) is 20.3 Å². The van der Waals surface area contributed by atoms with Crippen LogP contribution >= 0.6 is 0 Å². The fraction of sp³-hybridized carbons (Fsp3) is 0.500. The van der Waals surface area contributed by atoms with E-state index >= 15 is 0 Å². The Labute approximate surface area is 116 Å². The molecule has 0 aliphatic heterocycles. The molecule has 0 heterocycles. The molecule has 0 aliphatic carbocycles. The first kappa shape index (κ1) is 15.7. The van der Waals surface area contributed by atoms with E-state index in [4.69, 9.17) is 9.47 Å². The molecule has 3 heteroatoms. The van der Waals surface area contributed by atoms with Crippen molar-refractivity contribution in [1.29, 1.82) is 0 Å². The van der Waals surface area contributed by atoms with Crippen LogP contribution in [-0.2, 0) is 4.74 Å². The first-order valence-electron chi connectivity index (χ1n) is 6.87. The zero-order valence-corrected chi connectivity index (χ0v) is 12.2. The first-order valence-corrected chi connectivity index (χ1v) is 6.87. The molecule has 1 aromatic rings. The van der Waals surface area contributed by atoms with E-state index < -0.39 is 0 Å². The summed E-state index contributed by atoms with van der Waals surface area (Å²) < 4.78 is 10.5. The average Bonchev–Trinajstić information content (AvgIpc) is 2.43. The second-order valence-corrected chi connectivity index (χ2v) is 4.38. The molecule has 1 aromatic carbocycles. The molecule has 0 atom stereocenters. The lowest BCUT2D eigenvalue weighted by molar-refractivity contribution is 0.199. The van der Waals surface area contributed by atoms with Gasteiger partial charge in [-0.15, -0.1) is 0 Å². The van der Waals surface area contributed by atoms with Crippen LogP contribution in [0.5, 0.6) is 5.75 Å². The van der Waals surface area contributed by atoms with E-state index in [-0.39, 0.29) is 0 Å². The molecule has 1 rings (SSSR count). The van der Waals surface area contributed by atoms with Crippen LogP contribution in [0.4, 0.5) is 0 Å². The maximum atomic E-state index is 5.51. The van der Waals surface area contributed by atoms with Crippen LogP contribution in [0, 0.1) is 0 Å². The van der Waals surface area contributed by atoms with Crippen LogP contribution in [-0.4, -0.2) is 33.4 Å². The summed E-state index contributed by atoms with van der Waals surface area (Å²) in [6.45, 7) is 7.49. The van der Waals surface area contributed by atoms with E-state index in [1.165, 1.54) is 11.1 Å². The van der Waals surface area contributed by atoms with E-state index in [0.29, 0.717) is 6.61 Å². The van der Waals surface area contributed by atoms with Crippen LogP contribution in [0.1, 0.15) is 25.8 Å². The van der Waals surface area contributed by atoms with E-state index in [1.54, 1.807) is 7.11 Å². The Morgan fingerprint density at radius 1 is 1.32 bits per heavy atom.